The van der Waals surface area contributed by atoms with Crippen LogP contribution in [0.4, 0.5) is 13.2 Å². The van der Waals surface area contributed by atoms with Gasteiger partial charge in [-0.1, -0.05) is 6.07 Å². The molecule has 11 heteroatoms. The molecular weight excluding hydrogens is 516 g/mol. The number of morpholine rings is 1. The van der Waals surface area contributed by atoms with E-state index in [0.29, 0.717) is 32.3 Å². The molecule has 0 saturated carbocycles. The van der Waals surface area contributed by atoms with Gasteiger partial charge in [-0.3, -0.25) is 4.90 Å². The van der Waals surface area contributed by atoms with Gasteiger partial charge in [-0.05, 0) is 26.0 Å². The molecule has 0 aliphatic carbocycles. The molecule has 1 aliphatic heterocycles. The van der Waals surface area contributed by atoms with E-state index in [0.717, 1.165) is 19.2 Å². The fourth-order valence-electron chi connectivity index (χ4n) is 2.97. The molecule has 3 N–H and O–H groups in total. The molecule has 30 heavy (non-hydrogen) atoms. The third-order valence-corrected chi connectivity index (χ3v) is 4.34. The number of nitrogens with one attached hydrogen (secondary N) is 2. The number of alkyl halides is 2. The first-order valence-corrected chi connectivity index (χ1v) is 9.57. The van der Waals surface area contributed by atoms with Crippen molar-refractivity contribution >= 4 is 29.9 Å². The molecule has 0 radical (unpaired) electrons. The van der Waals surface area contributed by atoms with Crippen LogP contribution in [0, 0.1) is 5.82 Å². The van der Waals surface area contributed by atoms with Crippen LogP contribution in [-0.4, -0.2) is 74.1 Å². The Bertz CT molecular complexity index is 674. The summed E-state index contributed by atoms with van der Waals surface area (Å²) in [7, 11) is 0. The first-order valence-electron chi connectivity index (χ1n) is 9.57. The van der Waals surface area contributed by atoms with E-state index in [1.807, 2.05) is 6.92 Å². The molecule has 0 amide bonds. The zero-order chi connectivity index (χ0) is 21.3. The molecule has 1 aliphatic rings. The van der Waals surface area contributed by atoms with Gasteiger partial charge in [-0.25, -0.2) is 9.38 Å². The van der Waals surface area contributed by atoms with Gasteiger partial charge in [0.05, 0.1) is 30.9 Å². The summed E-state index contributed by atoms with van der Waals surface area (Å²) in [5, 5.41) is 16.7. The second-order valence-electron chi connectivity index (χ2n) is 7.03. The summed E-state index contributed by atoms with van der Waals surface area (Å²) in [6.07, 6.45) is 0. The van der Waals surface area contributed by atoms with Crippen LogP contribution in [-0.2, 0) is 11.3 Å². The van der Waals surface area contributed by atoms with E-state index in [2.05, 4.69) is 25.3 Å². The van der Waals surface area contributed by atoms with Gasteiger partial charge < -0.3 is 25.2 Å². The van der Waals surface area contributed by atoms with Crippen LogP contribution in [0.5, 0.6) is 5.75 Å². The van der Waals surface area contributed by atoms with Gasteiger partial charge in [0.15, 0.2) is 5.96 Å². The summed E-state index contributed by atoms with van der Waals surface area (Å²) in [5.74, 6) is -0.595. The predicted molar refractivity (Wildman–Crippen MR) is 119 cm³/mol. The molecule has 1 aromatic rings. The maximum absolute atomic E-state index is 14.1. The lowest BCUT2D eigenvalue weighted by atomic mass is 10.1. The Hall–Kier alpha value is -1.31. The van der Waals surface area contributed by atoms with E-state index in [4.69, 9.17) is 4.74 Å². The molecule has 7 nitrogen and oxygen atoms in total. The lowest BCUT2D eigenvalue weighted by Gasteiger charge is -2.34. The van der Waals surface area contributed by atoms with Gasteiger partial charge in [-0.15, -0.1) is 24.0 Å². The summed E-state index contributed by atoms with van der Waals surface area (Å²) < 4.78 is 48.9. The third kappa shape index (κ3) is 9.23. The zero-order valence-corrected chi connectivity index (χ0v) is 19.5. The molecule has 1 atom stereocenters. The molecule has 0 bridgehead atoms. The van der Waals surface area contributed by atoms with E-state index >= 15 is 0 Å². The summed E-state index contributed by atoms with van der Waals surface area (Å²) in [5.41, 5.74) is -1.10. The molecule has 1 unspecified atom stereocenters. The van der Waals surface area contributed by atoms with E-state index in [-0.39, 0.29) is 48.4 Å². The van der Waals surface area contributed by atoms with Crippen LogP contribution in [0.15, 0.2) is 23.2 Å². The smallest absolute Gasteiger partial charge is 0.387 e. The van der Waals surface area contributed by atoms with Crippen molar-refractivity contribution in [1.82, 2.24) is 15.5 Å². The van der Waals surface area contributed by atoms with Crippen molar-refractivity contribution < 1.29 is 27.8 Å². The Balaban J connectivity index is 0.00000450. The van der Waals surface area contributed by atoms with Crippen LogP contribution in [0.3, 0.4) is 0 Å². The molecule has 1 heterocycles. The Labute approximate surface area is 192 Å². The van der Waals surface area contributed by atoms with Gasteiger partial charge in [0, 0.05) is 32.7 Å². The van der Waals surface area contributed by atoms with Crippen LogP contribution in [0.2, 0.25) is 0 Å². The van der Waals surface area contributed by atoms with Crippen molar-refractivity contribution in [2.75, 3.05) is 45.9 Å². The fraction of sp³-hybridized carbons (Fsp3) is 0.632. The monoisotopic (exact) mass is 546 g/mol. The molecule has 0 aromatic heterocycles. The molecule has 2 rings (SSSR count). The van der Waals surface area contributed by atoms with Gasteiger partial charge in [0.1, 0.15) is 11.6 Å². The number of guanidine groups is 1. The number of rotatable bonds is 9. The van der Waals surface area contributed by atoms with Crippen LogP contribution >= 0.6 is 24.0 Å². The second kappa shape index (κ2) is 13.2. The van der Waals surface area contributed by atoms with E-state index in [9.17, 15) is 18.3 Å². The molecule has 1 aromatic carbocycles. The highest BCUT2D eigenvalue weighted by atomic mass is 127. The zero-order valence-electron chi connectivity index (χ0n) is 17.2. The summed E-state index contributed by atoms with van der Waals surface area (Å²) in [6.45, 7) is 4.30. The summed E-state index contributed by atoms with van der Waals surface area (Å²) >= 11 is 0. The number of nitrogens with zero attached hydrogens (tertiary/aromatic N) is 2. The highest BCUT2D eigenvalue weighted by Gasteiger charge is 2.25. The maximum Gasteiger partial charge on any atom is 0.387 e. The average molecular weight is 546 g/mol. The van der Waals surface area contributed by atoms with Gasteiger partial charge in [0.2, 0.25) is 0 Å². The predicted octanol–water partition coefficient (Wildman–Crippen LogP) is 2.18. The Morgan fingerprint density at radius 1 is 1.33 bits per heavy atom. The molecule has 0 spiro atoms. The number of benzene rings is 1. The Kier molecular flexibility index (Phi) is 11.7. The van der Waals surface area contributed by atoms with E-state index in [1.54, 1.807) is 6.92 Å². The normalized spacial score (nSPS) is 17.2. The lowest BCUT2D eigenvalue weighted by molar-refractivity contribution is -0.0506. The van der Waals surface area contributed by atoms with Crippen LogP contribution in [0.1, 0.15) is 19.4 Å². The van der Waals surface area contributed by atoms with Gasteiger partial charge in [-0.2, -0.15) is 8.78 Å². The number of halogens is 4. The standard InChI is InChI=1S/C19H29F3N4O3.HI/c1-3-23-18(25-12-19(2,27)13-26-7-9-28-10-8-26)24-11-14-15(20)5-4-6-16(14)29-17(21)22;/h4-6,17,27H,3,7-13H2,1-2H3,(H2,23,24,25);1H. The first-order chi connectivity index (χ1) is 13.8. The highest BCUT2D eigenvalue weighted by Crippen LogP contribution is 2.24. The maximum atomic E-state index is 14.1. The summed E-state index contributed by atoms with van der Waals surface area (Å²) in [6, 6.07) is 3.73. The van der Waals surface area contributed by atoms with Crippen molar-refractivity contribution in [3.63, 3.8) is 0 Å². The molecule has 1 fully saturated rings. The number of β-amino-alcohol motifs (C(OH)–C–C–N with tert-alkyl or cyclic N) is 1. The fourth-order valence-corrected chi connectivity index (χ4v) is 2.97. The third-order valence-electron chi connectivity index (χ3n) is 4.34. The quantitative estimate of drug-likeness (QED) is 0.251. The second-order valence-corrected chi connectivity index (χ2v) is 7.03. The number of aliphatic hydroxyl groups is 1. The minimum atomic E-state index is -3.05. The van der Waals surface area contributed by atoms with Crippen molar-refractivity contribution in [3.05, 3.63) is 29.6 Å². The van der Waals surface area contributed by atoms with Crippen molar-refractivity contribution in [2.45, 2.75) is 32.6 Å². The minimum absolute atomic E-state index is 0. The number of ether oxygens (including phenoxy) is 2. The SMILES string of the molecule is CCNC(=NCc1c(F)cccc1OC(F)F)NCC(C)(O)CN1CCOCC1.I. The number of hydrogen-bond donors (Lipinski definition) is 3. The number of hydrogen-bond acceptors (Lipinski definition) is 5. The van der Waals surface area contributed by atoms with Crippen molar-refractivity contribution in [2.24, 2.45) is 4.99 Å². The van der Waals surface area contributed by atoms with E-state index in [1.165, 1.54) is 12.1 Å². The average Bonchev–Trinajstić information content (AvgIpc) is 2.65. The molecular formula is C19H30F3IN4O3. The molecule has 172 valence electrons. The molecule has 1 saturated heterocycles. The largest absolute Gasteiger partial charge is 0.434 e. The van der Waals surface area contributed by atoms with Gasteiger partial charge >= 0.3 is 6.61 Å². The van der Waals surface area contributed by atoms with Gasteiger partial charge in [0.25, 0.3) is 0 Å². The van der Waals surface area contributed by atoms with Crippen LogP contribution < -0.4 is 15.4 Å². The Morgan fingerprint density at radius 3 is 2.67 bits per heavy atom. The first kappa shape index (κ1) is 26.7. The van der Waals surface area contributed by atoms with Crippen molar-refractivity contribution in [1.29, 1.82) is 0 Å². The van der Waals surface area contributed by atoms with Crippen molar-refractivity contribution in [3.8, 4) is 5.75 Å². The number of aliphatic imine (C=N–C) groups is 1. The summed E-state index contributed by atoms with van der Waals surface area (Å²) in [4.78, 5) is 6.36. The van der Waals surface area contributed by atoms with Crippen LogP contribution in [0.25, 0.3) is 0 Å². The lowest BCUT2D eigenvalue weighted by Crippen LogP contribution is -2.52. The topological polar surface area (TPSA) is 78.4 Å². The highest BCUT2D eigenvalue weighted by molar-refractivity contribution is 14.0. The Morgan fingerprint density at radius 2 is 2.03 bits per heavy atom. The minimum Gasteiger partial charge on any atom is -0.434 e. The van der Waals surface area contributed by atoms with E-state index < -0.39 is 18.0 Å².